The van der Waals surface area contributed by atoms with Gasteiger partial charge in [-0.05, 0) is 62.7 Å². The van der Waals surface area contributed by atoms with Gasteiger partial charge in [-0.25, -0.2) is 4.39 Å². The highest BCUT2D eigenvalue weighted by atomic mass is 19.1. The maximum Gasteiger partial charge on any atom is 0.302 e. The molecule has 4 saturated carbocycles. The zero-order chi connectivity index (χ0) is 17.6. The molecule has 5 fully saturated rings. The molecule has 5 aliphatic rings. The number of alkyl halides is 1. The van der Waals surface area contributed by atoms with E-state index >= 15 is 0 Å². The third kappa shape index (κ3) is 1.98. The number of fused-ring (bicyclic) bond motifs is 4. The van der Waals surface area contributed by atoms with Crippen molar-refractivity contribution in [3.8, 4) is 0 Å². The quantitative estimate of drug-likeness (QED) is 0.519. The Hall–Kier alpha value is -0.640. The number of hydrogen-bond acceptors (Lipinski definition) is 3. The minimum absolute atomic E-state index is 0.0807. The highest BCUT2D eigenvalue weighted by molar-refractivity contribution is 5.66. The SMILES string of the molecule is CC(=O)OC1CC[C@H]2[C@@H]3CC4OC45CC(F)CC[C@]5(C)[C@H]3CC[C@]12C. The van der Waals surface area contributed by atoms with Crippen LogP contribution < -0.4 is 0 Å². The molecule has 5 rings (SSSR count). The van der Waals surface area contributed by atoms with E-state index in [1.165, 1.54) is 13.3 Å². The summed E-state index contributed by atoms with van der Waals surface area (Å²) in [5.41, 5.74) is 0.104. The highest BCUT2D eigenvalue weighted by Gasteiger charge is 2.76. The lowest BCUT2D eigenvalue weighted by Crippen LogP contribution is -2.58. The van der Waals surface area contributed by atoms with Gasteiger partial charge in [-0.2, -0.15) is 0 Å². The van der Waals surface area contributed by atoms with Crippen LogP contribution in [0.15, 0.2) is 0 Å². The molecular weight excluding hydrogens is 319 g/mol. The lowest BCUT2D eigenvalue weighted by molar-refractivity contribution is -0.159. The zero-order valence-corrected chi connectivity index (χ0v) is 15.7. The minimum Gasteiger partial charge on any atom is -0.462 e. The molecule has 0 radical (unpaired) electrons. The lowest BCUT2D eigenvalue weighted by atomic mass is 9.45. The van der Waals surface area contributed by atoms with Gasteiger partial charge in [0.2, 0.25) is 0 Å². The maximum atomic E-state index is 14.1. The molecule has 25 heavy (non-hydrogen) atoms. The Balaban J connectivity index is 1.45. The standard InChI is InChI=1S/C21H31FO3/c1-12(23)24-17-5-4-15-14-10-18-21(25-18)11-13(22)6-9-20(21,3)16(14)7-8-19(15,17)2/h13-18H,4-11H2,1-3H3/t13?,14-,15-,16-,17?,18?,19-,20+,21?/m0/s1. The monoisotopic (exact) mass is 350 g/mol. The smallest absolute Gasteiger partial charge is 0.302 e. The minimum atomic E-state index is -0.677. The molecule has 1 aliphatic heterocycles. The molecule has 4 unspecified atom stereocenters. The van der Waals surface area contributed by atoms with Crippen molar-refractivity contribution in [1.82, 2.24) is 0 Å². The van der Waals surface area contributed by atoms with Crippen LogP contribution >= 0.6 is 0 Å². The molecule has 9 atom stereocenters. The molecule has 0 bridgehead atoms. The number of carbonyl (C=O) groups excluding carboxylic acids is 1. The van der Waals surface area contributed by atoms with Crippen LogP contribution in [-0.2, 0) is 14.3 Å². The van der Waals surface area contributed by atoms with Crippen LogP contribution in [0, 0.1) is 28.6 Å². The normalized spacial score (nSPS) is 59.2. The largest absolute Gasteiger partial charge is 0.462 e. The molecule has 0 aromatic rings. The van der Waals surface area contributed by atoms with Crippen LogP contribution in [0.25, 0.3) is 0 Å². The van der Waals surface area contributed by atoms with Crippen LogP contribution in [-0.4, -0.2) is 29.9 Å². The predicted octanol–water partition coefficient (Wildman–Crippen LogP) is 4.43. The molecule has 140 valence electrons. The van der Waals surface area contributed by atoms with Gasteiger partial charge in [-0.3, -0.25) is 4.79 Å². The van der Waals surface area contributed by atoms with Gasteiger partial charge in [0, 0.05) is 24.2 Å². The second-order valence-electron chi connectivity index (χ2n) is 10.1. The molecule has 0 aromatic heterocycles. The molecule has 1 spiro atoms. The van der Waals surface area contributed by atoms with E-state index < -0.39 is 6.17 Å². The molecule has 0 aromatic carbocycles. The van der Waals surface area contributed by atoms with Crippen LogP contribution in [0.4, 0.5) is 4.39 Å². The van der Waals surface area contributed by atoms with Crippen LogP contribution in [0.3, 0.4) is 0 Å². The average molecular weight is 350 g/mol. The summed E-state index contributed by atoms with van der Waals surface area (Å²) in [6.45, 7) is 6.29. The van der Waals surface area contributed by atoms with E-state index in [0.29, 0.717) is 30.6 Å². The molecule has 3 nitrogen and oxygen atoms in total. The van der Waals surface area contributed by atoms with Gasteiger partial charge in [0.25, 0.3) is 0 Å². The molecule has 4 aliphatic carbocycles. The Kier molecular flexibility index (Phi) is 3.30. The van der Waals surface area contributed by atoms with E-state index in [1.807, 2.05) is 0 Å². The van der Waals surface area contributed by atoms with Gasteiger partial charge >= 0.3 is 5.97 Å². The third-order valence-electron chi connectivity index (χ3n) is 9.25. The summed E-state index contributed by atoms with van der Waals surface area (Å²) in [6.07, 6.45) is 7.55. The molecular formula is C21H31FO3. The van der Waals surface area contributed by atoms with E-state index in [9.17, 15) is 9.18 Å². The van der Waals surface area contributed by atoms with E-state index in [2.05, 4.69) is 13.8 Å². The molecule has 4 heteroatoms. The Morgan fingerprint density at radius 1 is 1.12 bits per heavy atom. The summed E-state index contributed by atoms with van der Waals surface area (Å²) in [5.74, 6) is 1.78. The molecule has 0 N–H and O–H groups in total. The van der Waals surface area contributed by atoms with E-state index in [-0.39, 0.29) is 34.6 Å². The Bertz CT molecular complexity index is 608. The van der Waals surface area contributed by atoms with Crippen molar-refractivity contribution in [3.05, 3.63) is 0 Å². The van der Waals surface area contributed by atoms with Gasteiger partial charge < -0.3 is 9.47 Å². The summed E-state index contributed by atoms with van der Waals surface area (Å²) in [6, 6.07) is 0. The summed E-state index contributed by atoms with van der Waals surface area (Å²) >= 11 is 0. The Morgan fingerprint density at radius 3 is 2.68 bits per heavy atom. The first kappa shape index (κ1) is 16.5. The van der Waals surface area contributed by atoms with Crippen LogP contribution in [0.2, 0.25) is 0 Å². The third-order valence-corrected chi connectivity index (χ3v) is 9.25. The fraction of sp³-hybridized carbons (Fsp3) is 0.952. The number of halogens is 1. The first-order chi connectivity index (χ1) is 11.8. The van der Waals surface area contributed by atoms with Crippen LogP contribution in [0.5, 0.6) is 0 Å². The fourth-order valence-electron chi connectivity index (χ4n) is 7.97. The second kappa shape index (κ2) is 4.99. The number of rotatable bonds is 1. The van der Waals surface area contributed by atoms with E-state index in [0.717, 1.165) is 32.1 Å². The molecule has 1 saturated heterocycles. The fourth-order valence-corrected chi connectivity index (χ4v) is 7.97. The highest BCUT2D eigenvalue weighted by Crippen LogP contribution is 2.73. The topological polar surface area (TPSA) is 38.8 Å². The van der Waals surface area contributed by atoms with Crippen molar-refractivity contribution in [1.29, 1.82) is 0 Å². The molecule has 0 amide bonds. The van der Waals surface area contributed by atoms with Crippen molar-refractivity contribution in [3.63, 3.8) is 0 Å². The van der Waals surface area contributed by atoms with Crippen molar-refractivity contribution in [2.75, 3.05) is 0 Å². The van der Waals surface area contributed by atoms with Crippen molar-refractivity contribution >= 4 is 5.97 Å². The number of epoxide rings is 1. The summed E-state index contributed by atoms with van der Waals surface area (Å²) < 4.78 is 26.1. The summed E-state index contributed by atoms with van der Waals surface area (Å²) in [5, 5.41) is 0. The Morgan fingerprint density at radius 2 is 1.92 bits per heavy atom. The zero-order valence-electron chi connectivity index (χ0n) is 15.7. The van der Waals surface area contributed by atoms with Gasteiger partial charge in [0.15, 0.2) is 0 Å². The lowest BCUT2D eigenvalue weighted by Gasteiger charge is -2.58. The number of carbonyl (C=O) groups is 1. The van der Waals surface area contributed by atoms with Crippen molar-refractivity contribution in [2.45, 2.75) is 96.1 Å². The summed E-state index contributed by atoms with van der Waals surface area (Å²) in [7, 11) is 0. The van der Waals surface area contributed by atoms with Crippen molar-refractivity contribution < 1.29 is 18.7 Å². The van der Waals surface area contributed by atoms with Gasteiger partial charge in [-0.1, -0.05) is 13.8 Å². The first-order valence-electron chi connectivity index (χ1n) is 10.3. The second-order valence-corrected chi connectivity index (χ2v) is 10.1. The average Bonchev–Trinajstić information content (AvgIpc) is 3.14. The van der Waals surface area contributed by atoms with Crippen molar-refractivity contribution in [2.24, 2.45) is 28.6 Å². The van der Waals surface area contributed by atoms with Crippen LogP contribution in [0.1, 0.15) is 72.1 Å². The number of hydrogen-bond donors (Lipinski definition) is 0. The van der Waals surface area contributed by atoms with E-state index in [4.69, 9.17) is 9.47 Å². The van der Waals surface area contributed by atoms with Gasteiger partial charge in [-0.15, -0.1) is 0 Å². The van der Waals surface area contributed by atoms with Gasteiger partial charge in [0.1, 0.15) is 17.9 Å². The Labute approximate surface area is 150 Å². The van der Waals surface area contributed by atoms with Gasteiger partial charge in [0.05, 0.1) is 6.10 Å². The molecule has 1 heterocycles. The predicted molar refractivity (Wildman–Crippen MR) is 91.7 cm³/mol. The maximum absolute atomic E-state index is 14.1. The summed E-state index contributed by atoms with van der Waals surface area (Å²) in [4.78, 5) is 11.5. The number of ether oxygens (including phenoxy) is 2. The van der Waals surface area contributed by atoms with E-state index in [1.54, 1.807) is 0 Å². The number of esters is 1. The first-order valence-corrected chi connectivity index (χ1v) is 10.3.